The van der Waals surface area contributed by atoms with E-state index in [-0.39, 0.29) is 23.3 Å². The molecule has 0 saturated carbocycles. The summed E-state index contributed by atoms with van der Waals surface area (Å²) >= 11 is 1.57. The molecule has 3 rings (SSSR count). The number of aryl methyl sites for hydroxylation is 3. The molecule has 1 aliphatic heterocycles. The molecule has 0 unspecified atom stereocenters. The molecule has 0 aliphatic carbocycles. The van der Waals surface area contributed by atoms with Crippen LogP contribution in [0.5, 0.6) is 0 Å². The minimum Gasteiger partial charge on any atom is -0.344 e. The molecule has 1 saturated heterocycles. The molecule has 0 bridgehead atoms. The number of rotatable bonds is 5. The summed E-state index contributed by atoms with van der Waals surface area (Å²) in [6, 6.07) is 8.12. The Morgan fingerprint density at radius 2 is 1.92 bits per heavy atom. The van der Waals surface area contributed by atoms with E-state index >= 15 is 0 Å². The van der Waals surface area contributed by atoms with Gasteiger partial charge in [-0.3, -0.25) is 4.79 Å². The Labute approximate surface area is 159 Å². The Morgan fingerprint density at radius 1 is 1.19 bits per heavy atom. The van der Waals surface area contributed by atoms with E-state index < -0.39 is 9.84 Å². The standard InChI is InChI=1S/C20H25NO3S2/c1-13-5-6-14(2)20(9-13)25-11-19(22)18-10-15(3)21(16(18)4)17-7-8-26(23,24)12-17/h5-6,9-10,17H,7-8,11-12H2,1-4H3/t17-/m0/s1. The largest absolute Gasteiger partial charge is 0.344 e. The first-order valence-electron chi connectivity index (χ1n) is 8.80. The Hall–Kier alpha value is -1.53. The van der Waals surface area contributed by atoms with Crippen LogP contribution in [0.4, 0.5) is 0 Å². The molecule has 1 fully saturated rings. The molecule has 2 aromatic rings. The summed E-state index contributed by atoms with van der Waals surface area (Å²) in [5.74, 6) is 0.892. The van der Waals surface area contributed by atoms with Gasteiger partial charge in [0.25, 0.3) is 0 Å². The van der Waals surface area contributed by atoms with Crippen molar-refractivity contribution in [2.45, 2.75) is 45.1 Å². The van der Waals surface area contributed by atoms with Crippen LogP contribution in [-0.4, -0.2) is 36.0 Å². The van der Waals surface area contributed by atoms with Gasteiger partial charge in [-0.05, 0) is 51.8 Å². The first-order valence-corrected chi connectivity index (χ1v) is 11.6. The summed E-state index contributed by atoms with van der Waals surface area (Å²) in [7, 11) is -2.95. The maximum atomic E-state index is 12.8. The van der Waals surface area contributed by atoms with Crippen molar-refractivity contribution in [2.24, 2.45) is 0 Å². The number of hydrogen-bond acceptors (Lipinski definition) is 4. The monoisotopic (exact) mass is 391 g/mol. The van der Waals surface area contributed by atoms with Crippen molar-refractivity contribution in [3.63, 3.8) is 0 Å². The maximum Gasteiger partial charge on any atom is 0.174 e. The molecule has 1 aliphatic rings. The number of ketones is 1. The molecular weight excluding hydrogens is 366 g/mol. The molecule has 140 valence electrons. The van der Waals surface area contributed by atoms with E-state index in [1.165, 1.54) is 11.1 Å². The molecule has 26 heavy (non-hydrogen) atoms. The molecule has 1 aromatic heterocycles. The van der Waals surface area contributed by atoms with Crippen LogP contribution < -0.4 is 0 Å². The predicted molar refractivity (Wildman–Crippen MR) is 107 cm³/mol. The summed E-state index contributed by atoms with van der Waals surface area (Å²) in [6.45, 7) is 7.98. The molecule has 1 atom stereocenters. The first-order chi connectivity index (χ1) is 12.2. The van der Waals surface area contributed by atoms with Crippen LogP contribution in [0, 0.1) is 27.7 Å². The lowest BCUT2D eigenvalue weighted by atomic mass is 10.2. The zero-order valence-electron chi connectivity index (χ0n) is 15.7. The van der Waals surface area contributed by atoms with Gasteiger partial charge in [-0.1, -0.05) is 17.7 Å². The van der Waals surface area contributed by atoms with Crippen LogP contribution >= 0.6 is 11.8 Å². The number of aromatic nitrogens is 1. The third kappa shape index (κ3) is 3.91. The fourth-order valence-corrected chi connectivity index (χ4v) is 6.39. The van der Waals surface area contributed by atoms with Crippen LogP contribution in [-0.2, 0) is 9.84 Å². The Balaban J connectivity index is 1.78. The quantitative estimate of drug-likeness (QED) is 0.570. The number of Topliss-reactive ketones (excluding diaryl/α,β-unsaturated/α-hetero) is 1. The fraction of sp³-hybridized carbons (Fsp3) is 0.450. The lowest BCUT2D eigenvalue weighted by Gasteiger charge is -2.16. The van der Waals surface area contributed by atoms with E-state index in [0.29, 0.717) is 17.7 Å². The highest BCUT2D eigenvalue weighted by molar-refractivity contribution is 8.00. The van der Waals surface area contributed by atoms with E-state index in [2.05, 4.69) is 32.0 Å². The second-order valence-electron chi connectivity index (χ2n) is 7.19. The fourth-order valence-electron chi connectivity index (χ4n) is 3.68. The lowest BCUT2D eigenvalue weighted by molar-refractivity contribution is 0.102. The predicted octanol–water partition coefficient (Wildman–Crippen LogP) is 4.06. The van der Waals surface area contributed by atoms with E-state index in [0.717, 1.165) is 16.3 Å². The normalized spacial score (nSPS) is 19.0. The molecule has 0 radical (unpaired) electrons. The topological polar surface area (TPSA) is 56.1 Å². The van der Waals surface area contributed by atoms with Crippen LogP contribution in [0.2, 0.25) is 0 Å². The van der Waals surface area contributed by atoms with Crippen molar-refractivity contribution in [3.8, 4) is 0 Å². The second kappa shape index (κ2) is 7.24. The first kappa shape index (κ1) is 19.2. The molecular formula is C20H25NO3S2. The molecule has 4 nitrogen and oxygen atoms in total. The van der Waals surface area contributed by atoms with Gasteiger partial charge in [0, 0.05) is 27.9 Å². The smallest absolute Gasteiger partial charge is 0.174 e. The number of sulfone groups is 1. The summed E-state index contributed by atoms with van der Waals surface area (Å²) in [5, 5.41) is 0. The number of hydrogen-bond donors (Lipinski definition) is 0. The second-order valence-corrected chi connectivity index (χ2v) is 10.4. The van der Waals surface area contributed by atoms with Gasteiger partial charge in [0.15, 0.2) is 15.6 Å². The molecule has 2 heterocycles. The zero-order valence-corrected chi connectivity index (χ0v) is 17.3. The highest BCUT2D eigenvalue weighted by Gasteiger charge is 2.31. The molecule has 0 amide bonds. The minimum atomic E-state index is -2.95. The van der Waals surface area contributed by atoms with Gasteiger partial charge < -0.3 is 4.57 Å². The van der Waals surface area contributed by atoms with Crippen molar-refractivity contribution in [2.75, 3.05) is 17.3 Å². The van der Waals surface area contributed by atoms with Gasteiger partial charge in [-0.15, -0.1) is 11.8 Å². The van der Waals surface area contributed by atoms with Crippen molar-refractivity contribution in [3.05, 3.63) is 52.3 Å². The zero-order chi connectivity index (χ0) is 19.1. The van der Waals surface area contributed by atoms with Crippen LogP contribution in [0.15, 0.2) is 29.2 Å². The molecule has 1 aromatic carbocycles. The van der Waals surface area contributed by atoms with Gasteiger partial charge in [0.05, 0.1) is 17.3 Å². The summed E-state index contributed by atoms with van der Waals surface area (Å²) < 4.78 is 25.7. The number of thioether (sulfide) groups is 1. The maximum absolute atomic E-state index is 12.8. The number of benzene rings is 1. The van der Waals surface area contributed by atoms with Gasteiger partial charge in [0.2, 0.25) is 0 Å². The van der Waals surface area contributed by atoms with Gasteiger partial charge in [0.1, 0.15) is 0 Å². The van der Waals surface area contributed by atoms with E-state index in [9.17, 15) is 13.2 Å². The Kier molecular flexibility index (Phi) is 5.35. The van der Waals surface area contributed by atoms with Gasteiger partial charge in [-0.25, -0.2) is 8.42 Å². The van der Waals surface area contributed by atoms with Gasteiger partial charge >= 0.3 is 0 Å². The van der Waals surface area contributed by atoms with Gasteiger partial charge in [-0.2, -0.15) is 0 Å². The number of carbonyl (C=O) groups excluding carboxylic acids is 1. The Morgan fingerprint density at radius 3 is 2.58 bits per heavy atom. The van der Waals surface area contributed by atoms with Crippen LogP contribution in [0.3, 0.4) is 0 Å². The molecule has 0 N–H and O–H groups in total. The SMILES string of the molecule is Cc1ccc(C)c(SCC(=O)c2cc(C)n([C@H]3CCS(=O)(=O)C3)c2C)c1. The Bertz CT molecular complexity index is 958. The van der Waals surface area contributed by atoms with Crippen molar-refractivity contribution < 1.29 is 13.2 Å². The average Bonchev–Trinajstić information content (AvgIpc) is 3.06. The van der Waals surface area contributed by atoms with Crippen molar-refractivity contribution >= 4 is 27.4 Å². The summed E-state index contributed by atoms with van der Waals surface area (Å²) in [6.07, 6.45) is 0.629. The minimum absolute atomic E-state index is 0.0479. The third-order valence-corrected chi connectivity index (χ3v) is 7.97. The third-order valence-electron chi connectivity index (χ3n) is 5.06. The van der Waals surface area contributed by atoms with Crippen LogP contribution in [0.1, 0.15) is 45.3 Å². The summed E-state index contributed by atoms with van der Waals surface area (Å²) in [5.41, 5.74) is 4.92. The van der Waals surface area contributed by atoms with Crippen molar-refractivity contribution in [1.29, 1.82) is 0 Å². The highest BCUT2D eigenvalue weighted by Crippen LogP contribution is 2.30. The average molecular weight is 392 g/mol. The van der Waals surface area contributed by atoms with E-state index in [1.54, 1.807) is 11.8 Å². The highest BCUT2D eigenvalue weighted by atomic mass is 32.2. The molecule has 0 spiro atoms. The van der Waals surface area contributed by atoms with E-state index in [4.69, 9.17) is 0 Å². The lowest BCUT2D eigenvalue weighted by Crippen LogP contribution is -2.14. The van der Waals surface area contributed by atoms with Crippen molar-refractivity contribution in [1.82, 2.24) is 4.57 Å². The number of nitrogens with zero attached hydrogens (tertiary/aromatic N) is 1. The molecule has 6 heteroatoms. The van der Waals surface area contributed by atoms with Crippen LogP contribution in [0.25, 0.3) is 0 Å². The number of carbonyl (C=O) groups is 1. The van der Waals surface area contributed by atoms with E-state index in [1.807, 2.05) is 24.5 Å². The summed E-state index contributed by atoms with van der Waals surface area (Å²) in [4.78, 5) is 13.9.